The molecule has 1 aromatic carbocycles. The zero-order chi connectivity index (χ0) is 15.4. The van der Waals surface area contributed by atoms with Gasteiger partial charge < -0.3 is 10.2 Å². The lowest BCUT2D eigenvalue weighted by Gasteiger charge is -2.07. The molecule has 4 nitrogen and oxygen atoms in total. The van der Waals surface area contributed by atoms with Crippen molar-refractivity contribution in [2.24, 2.45) is 0 Å². The quantitative estimate of drug-likeness (QED) is 0.860. The van der Waals surface area contributed by atoms with Crippen LogP contribution in [-0.2, 0) is 6.54 Å². The number of para-hydroxylation sites is 1. The molecule has 2 heterocycles. The van der Waals surface area contributed by atoms with E-state index >= 15 is 0 Å². The van der Waals surface area contributed by atoms with Gasteiger partial charge in [-0.05, 0) is 37.6 Å². The molecule has 0 spiro atoms. The van der Waals surface area contributed by atoms with Gasteiger partial charge in [0.25, 0.3) is 6.33 Å². The monoisotopic (exact) mass is 313 g/mol. The van der Waals surface area contributed by atoms with Crippen molar-refractivity contribution in [3.8, 4) is 0 Å². The molecule has 22 heavy (non-hydrogen) atoms. The molecular weight excluding hydrogens is 292 g/mol. The molecule has 1 aliphatic heterocycles. The summed E-state index contributed by atoms with van der Waals surface area (Å²) in [5.74, 6) is 0. The average molecular weight is 313 g/mol. The van der Waals surface area contributed by atoms with E-state index in [9.17, 15) is 0 Å². The Bertz CT molecular complexity index is 638. The average Bonchev–Trinajstić information content (AvgIpc) is 2.91. The smallest absolute Gasteiger partial charge is 0.286 e. The maximum atomic E-state index is 4.52. The molecule has 3 rings (SSSR count). The fourth-order valence-electron chi connectivity index (χ4n) is 2.32. The van der Waals surface area contributed by atoms with Gasteiger partial charge >= 0.3 is 0 Å². The lowest BCUT2D eigenvalue weighted by atomic mass is 10.3. The SMILES string of the molecule is CN(C)CCC[n+]1ccc(/C=C2\Nc3ccccc3S2)nc1. The maximum Gasteiger partial charge on any atom is 0.286 e. The Kier molecular flexibility index (Phi) is 4.75. The van der Waals surface area contributed by atoms with Crippen molar-refractivity contribution in [3.05, 3.63) is 53.6 Å². The van der Waals surface area contributed by atoms with Crippen molar-refractivity contribution in [2.45, 2.75) is 17.9 Å². The Hall–Kier alpha value is -1.85. The lowest BCUT2D eigenvalue weighted by molar-refractivity contribution is -0.700. The van der Waals surface area contributed by atoms with Gasteiger partial charge in [0.05, 0.1) is 23.5 Å². The Morgan fingerprint density at radius 1 is 1.27 bits per heavy atom. The fourth-order valence-corrected chi connectivity index (χ4v) is 3.27. The molecule has 0 fully saturated rings. The highest BCUT2D eigenvalue weighted by molar-refractivity contribution is 8.03. The van der Waals surface area contributed by atoms with Crippen LogP contribution < -0.4 is 9.88 Å². The Balaban J connectivity index is 1.61. The molecule has 0 unspecified atom stereocenters. The fraction of sp³-hybridized carbons (Fsp3) is 0.294. The number of aryl methyl sites for hydroxylation is 1. The van der Waals surface area contributed by atoms with Crippen LogP contribution in [0, 0.1) is 0 Å². The maximum absolute atomic E-state index is 4.52. The first kappa shape index (κ1) is 15.1. The minimum absolute atomic E-state index is 0.978. The molecule has 1 aliphatic rings. The summed E-state index contributed by atoms with van der Waals surface area (Å²) >= 11 is 1.75. The van der Waals surface area contributed by atoms with E-state index in [1.807, 2.05) is 12.4 Å². The van der Waals surface area contributed by atoms with Crippen LogP contribution in [0.25, 0.3) is 6.08 Å². The summed E-state index contributed by atoms with van der Waals surface area (Å²) in [4.78, 5) is 7.99. The lowest BCUT2D eigenvalue weighted by Crippen LogP contribution is -2.35. The van der Waals surface area contributed by atoms with Crippen molar-refractivity contribution in [1.29, 1.82) is 0 Å². The minimum Gasteiger partial charge on any atom is -0.349 e. The normalized spacial score (nSPS) is 15.1. The number of nitrogens with one attached hydrogen (secondary N) is 1. The van der Waals surface area contributed by atoms with Crippen LogP contribution in [0.3, 0.4) is 0 Å². The van der Waals surface area contributed by atoms with Gasteiger partial charge in [0.1, 0.15) is 0 Å². The minimum atomic E-state index is 0.978. The van der Waals surface area contributed by atoms with Gasteiger partial charge in [0.2, 0.25) is 0 Å². The van der Waals surface area contributed by atoms with Crippen molar-refractivity contribution in [3.63, 3.8) is 0 Å². The molecule has 0 saturated heterocycles. The molecule has 5 heteroatoms. The number of rotatable bonds is 5. The number of hydrogen-bond acceptors (Lipinski definition) is 4. The number of fused-ring (bicyclic) bond motifs is 1. The first-order chi connectivity index (χ1) is 10.7. The van der Waals surface area contributed by atoms with Crippen LogP contribution in [0.15, 0.2) is 52.8 Å². The van der Waals surface area contributed by atoms with E-state index in [2.05, 4.69) is 70.4 Å². The molecule has 2 aromatic rings. The number of benzene rings is 1. The van der Waals surface area contributed by atoms with Crippen molar-refractivity contribution >= 4 is 23.5 Å². The molecule has 0 aliphatic carbocycles. The molecule has 1 aromatic heterocycles. The highest BCUT2D eigenvalue weighted by Crippen LogP contribution is 2.40. The molecule has 0 radical (unpaired) electrons. The second-order valence-electron chi connectivity index (χ2n) is 5.61. The van der Waals surface area contributed by atoms with E-state index in [1.54, 1.807) is 11.8 Å². The predicted molar refractivity (Wildman–Crippen MR) is 91.5 cm³/mol. The Morgan fingerprint density at radius 3 is 2.86 bits per heavy atom. The van der Waals surface area contributed by atoms with E-state index in [-0.39, 0.29) is 0 Å². The predicted octanol–water partition coefficient (Wildman–Crippen LogP) is 2.84. The first-order valence-corrected chi connectivity index (χ1v) is 8.28. The Labute approximate surface area is 135 Å². The summed E-state index contributed by atoms with van der Waals surface area (Å²) in [6, 6.07) is 10.4. The van der Waals surface area contributed by atoms with E-state index in [1.165, 1.54) is 10.6 Å². The standard InChI is InChI=1S/C17H20N4S/c1-20(2)9-5-10-21-11-8-14(18-13-21)12-17-19-15-6-3-4-7-16(15)22-17/h3-4,6-8,11-13H,5,9-10H2,1-2H3/p+1. The van der Waals surface area contributed by atoms with Gasteiger partial charge in [0, 0.05) is 23.6 Å². The molecule has 1 N–H and O–H groups in total. The molecule has 0 saturated carbocycles. The van der Waals surface area contributed by atoms with Gasteiger partial charge in [-0.15, -0.1) is 0 Å². The number of thioether (sulfide) groups is 1. The third-order valence-corrected chi connectivity index (χ3v) is 4.47. The first-order valence-electron chi connectivity index (χ1n) is 7.46. The zero-order valence-electron chi connectivity index (χ0n) is 13.0. The molecule has 0 atom stereocenters. The number of nitrogens with zero attached hydrogens (tertiary/aromatic N) is 3. The van der Waals surface area contributed by atoms with Crippen molar-refractivity contribution in [1.82, 2.24) is 9.88 Å². The van der Waals surface area contributed by atoms with E-state index in [0.717, 1.165) is 30.2 Å². The third kappa shape index (κ3) is 3.87. The van der Waals surface area contributed by atoms with Gasteiger partial charge in [0.15, 0.2) is 5.69 Å². The largest absolute Gasteiger partial charge is 0.349 e. The molecule has 0 bridgehead atoms. The van der Waals surface area contributed by atoms with E-state index in [0.29, 0.717) is 0 Å². The number of anilines is 1. The van der Waals surface area contributed by atoms with Crippen LogP contribution in [0.1, 0.15) is 12.1 Å². The topological polar surface area (TPSA) is 32.0 Å². The van der Waals surface area contributed by atoms with Gasteiger partial charge in [-0.1, -0.05) is 23.9 Å². The van der Waals surface area contributed by atoms with Crippen LogP contribution >= 0.6 is 11.8 Å². The highest BCUT2D eigenvalue weighted by atomic mass is 32.2. The van der Waals surface area contributed by atoms with E-state index in [4.69, 9.17) is 0 Å². The summed E-state index contributed by atoms with van der Waals surface area (Å²) in [7, 11) is 4.20. The van der Waals surface area contributed by atoms with Gasteiger partial charge in [-0.25, -0.2) is 4.57 Å². The number of hydrogen-bond donors (Lipinski definition) is 1. The van der Waals surface area contributed by atoms with Gasteiger partial charge in [-0.2, -0.15) is 0 Å². The number of aromatic nitrogens is 2. The molecule has 0 amide bonds. The third-order valence-electron chi connectivity index (χ3n) is 3.46. The van der Waals surface area contributed by atoms with Crippen molar-refractivity contribution < 1.29 is 4.57 Å². The van der Waals surface area contributed by atoms with Crippen LogP contribution in [0.5, 0.6) is 0 Å². The molecular formula is C17H21N4S+. The van der Waals surface area contributed by atoms with E-state index < -0.39 is 0 Å². The highest BCUT2D eigenvalue weighted by Gasteiger charge is 2.15. The summed E-state index contributed by atoms with van der Waals surface area (Å²) in [5, 5.41) is 4.54. The second kappa shape index (κ2) is 6.94. The summed E-state index contributed by atoms with van der Waals surface area (Å²) in [6.45, 7) is 2.10. The Morgan fingerprint density at radius 2 is 2.14 bits per heavy atom. The van der Waals surface area contributed by atoms with Gasteiger partial charge in [-0.3, -0.25) is 0 Å². The zero-order valence-corrected chi connectivity index (χ0v) is 13.8. The van der Waals surface area contributed by atoms with Crippen LogP contribution in [0.2, 0.25) is 0 Å². The summed E-state index contributed by atoms with van der Waals surface area (Å²) in [5.41, 5.74) is 2.15. The molecule has 114 valence electrons. The second-order valence-corrected chi connectivity index (χ2v) is 6.70. The summed E-state index contributed by atoms with van der Waals surface area (Å²) in [6.07, 6.45) is 7.23. The van der Waals surface area contributed by atoms with Crippen LogP contribution in [0.4, 0.5) is 5.69 Å². The summed E-state index contributed by atoms with van der Waals surface area (Å²) < 4.78 is 2.13. The van der Waals surface area contributed by atoms with Crippen LogP contribution in [-0.4, -0.2) is 30.5 Å². The van der Waals surface area contributed by atoms with Crippen molar-refractivity contribution in [2.75, 3.05) is 26.0 Å².